The molecule has 2 atom stereocenters. The average Bonchev–Trinajstić information content (AvgIpc) is 2.63. The average molecular weight is 197 g/mol. The molecule has 0 saturated carbocycles. The molecule has 0 spiro atoms. The first-order valence-corrected chi connectivity index (χ1v) is 5.58. The van der Waals surface area contributed by atoms with Gasteiger partial charge in [0.1, 0.15) is 0 Å². The third kappa shape index (κ3) is 2.69. The lowest BCUT2D eigenvalue weighted by molar-refractivity contribution is -0.119. The first-order chi connectivity index (χ1) is 6.84. The minimum absolute atomic E-state index is 0.207. The number of rotatable bonds is 3. The molecule has 2 aliphatic heterocycles. The van der Waals surface area contributed by atoms with Gasteiger partial charge < -0.3 is 16.0 Å². The van der Waals surface area contributed by atoms with Crippen LogP contribution in [0.2, 0.25) is 0 Å². The van der Waals surface area contributed by atoms with Gasteiger partial charge in [0, 0.05) is 31.6 Å². The fourth-order valence-corrected chi connectivity index (χ4v) is 2.17. The van der Waals surface area contributed by atoms with E-state index in [0.29, 0.717) is 18.5 Å². The summed E-state index contributed by atoms with van der Waals surface area (Å²) in [6, 6.07) is 0.964. The molecular formula is C10H19N3O. The summed E-state index contributed by atoms with van der Waals surface area (Å²) in [5.74, 6) is 0.207. The molecule has 2 unspecified atom stereocenters. The van der Waals surface area contributed by atoms with Crippen molar-refractivity contribution in [2.24, 2.45) is 0 Å². The highest BCUT2D eigenvalue weighted by atomic mass is 16.1. The van der Waals surface area contributed by atoms with E-state index in [0.717, 1.165) is 26.1 Å². The van der Waals surface area contributed by atoms with Crippen molar-refractivity contribution >= 4 is 5.91 Å². The van der Waals surface area contributed by atoms with Gasteiger partial charge in [-0.25, -0.2) is 0 Å². The minimum atomic E-state index is 0.207. The lowest BCUT2D eigenvalue weighted by atomic mass is 10.1. The van der Waals surface area contributed by atoms with Crippen LogP contribution in [-0.4, -0.2) is 37.6 Å². The summed E-state index contributed by atoms with van der Waals surface area (Å²) in [5.41, 5.74) is 0. The summed E-state index contributed by atoms with van der Waals surface area (Å²) >= 11 is 0. The summed E-state index contributed by atoms with van der Waals surface area (Å²) in [6.45, 7) is 3.15. The van der Waals surface area contributed by atoms with Gasteiger partial charge >= 0.3 is 0 Å². The molecular weight excluding hydrogens is 178 g/mol. The van der Waals surface area contributed by atoms with Crippen molar-refractivity contribution in [2.45, 2.75) is 37.8 Å². The zero-order valence-corrected chi connectivity index (χ0v) is 8.51. The molecule has 0 bridgehead atoms. The van der Waals surface area contributed by atoms with E-state index in [4.69, 9.17) is 0 Å². The third-order valence-electron chi connectivity index (χ3n) is 3.03. The standard InChI is InChI=1S/C10H19N3O/c14-10-4-3-9(13-10)7-12-8-2-1-5-11-6-8/h8-9,11-12H,1-7H2,(H,13,14). The molecule has 2 aliphatic rings. The van der Waals surface area contributed by atoms with Gasteiger partial charge in [-0.15, -0.1) is 0 Å². The molecule has 4 heteroatoms. The molecule has 2 saturated heterocycles. The predicted octanol–water partition coefficient (Wildman–Crippen LogP) is -0.393. The van der Waals surface area contributed by atoms with E-state index in [1.165, 1.54) is 12.8 Å². The molecule has 0 aromatic rings. The molecule has 14 heavy (non-hydrogen) atoms. The zero-order chi connectivity index (χ0) is 9.80. The fourth-order valence-electron chi connectivity index (χ4n) is 2.17. The van der Waals surface area contributed by atoms with Crippen molar-refractivity contribution in [1.82, 2.24) is 16.0 Å². The van der Waals surface area contributed by atoms with Crippen molar-refractivity contribution in [2.75, 3.05) is 19.6 Å². The van der Waals surface area contributed by atoms with Crippen molar-refractivity contribution in [3.63, 3.8) is 0 Å². The van der Waals surface area contributed by atoms with E-state index in [-0.39, 0.29) is 5.91 Å². The summed E-state index contributed by atoms with van der Waals surface area (Å²) in [7, 11) is 0. The molecule has 3 N–H and O–H groups in total. The van der Waals surface area contributed by atoms with Gasteiger partial charge in [0.25, 0.3) is 0 Å². The van der Waals surface area contributed by atoms with Crippen LogP contribution in [0.1, 0.15) is 25.7 Å². The Bertz CT molecular complexity index is 202. The topological polar surface area (TPSA) is 53.2 Å². The Labute approximate surface area is 84.8 Å². The van der Waals surface area contributed by atoms with Crippen LogP contribution in [0.5, 0.6) is 0 Å². The first-order valence-electron chi connectivity index (χ1n) is 5.58. The Morgan fingerprint density at radius 2 is 2.36 bits per heavy atom. The normalized spacial score (nSPS) is 33.0. The molecule has 2 heterocycles. The SMILES string of the molecule is O=C1CCC(CNC2CCCNC2)N1. The molecule has 80 valence electrons. The van der Waals surface area contributed by atoms with Crippen molar-refractivity contribution in [1.29, 1.82) is 0 Å². The first kappa shape index (κ1) is 9.93. The number of amides is 1. The fraction of sp³-hybridized carbons (Fsp3) is 0.900. The van der Waals surface area contributed by atoms with Gasteiger partial charge in [0.05, 0.1) is 0 Å². The second-order valence-corrected chi connectivity index (χ2v) is 4.25. The number of carbonyl (C=O) groups excluding carboxylic acids is 1. The highest BCUT2D eigenvalue weighted by Gasteiger charge is 2.21. The highest BCUT2D eigenvalue weighted by Crippen LogP contribution is 2.07. The van der Waals surface area contributed by atoms with Gasteiger partial charge in [0.2, 0.25) is 5.91 Å². The smallest absolute Gasteiger partial charge is 0.220 e. The van der Waals surface area contributed by atoms with Crippen LogP contribution in [0, 0.1) is 0 Å². The molecule has 0 aliphatic carbocycles. The Balaban J connectivity index is 1.63. The maximum absolute atomic E-state index is 11.0. The van der Waals surface area contributed by atoms with E-state index >= 15 is 0 Å². The van der Waals surface area contributed by atoms with E-state index in [1.54, 1.807) is 0 Å². The molecule has 0 radical (unpaired) electrons. The Kier molecular flexibility index (Phi) is 3.37. The Morgan fingerprint density at radius 3 is 3.00 bits per heavy atom. The molecule has 0 aromatic carbocycles. The van der Waals surface area contributed by atoms with Gasteiger partial charge in [-0.1, -0.05) is 0 Å². The maximum Gasteiger partial charge on any atom is 0.220 e. The summed E-state index contributed by atoms with van der Waals surface area (Å²) in [5, 5.41) is 9.85. The quantitative estimate of drug-likeness (QED) is 0.577. The van der Waals surface area contributed by atoms with Crippen molar-refractivity contribution in [3.8, 4) is 0 Å². The Hall–Kier alpha value is -0.610. The molecule has 4 nitrogen and oxygen atoms in total. The van der Waals surface area contributed by atoms with Gasteiger partial charge in [-0.2, -0.15) is 0 Å². The lowest BCUT2D eigenvalue weighted by Gasteiger charge is -2.25. The van der Waals surface area contributed by atoms with Crippen molar-refractivity contribution < 1.29 is 4.79 Å². The van der Waals surface area contributed by atoms with E-state index in [9.17, 15) is 4.79 Å². The lowest BCUT2D eigenvalue weighted by Crippen LogP contribution is -2.47. The van der Waals surface area contributed by atoms with Crippen LogP contribution >= 0.6 is 0 Å². The van der Waals surface area contributed by atoms with Crippen LogP contribution in [0.15, 0.2) is 0 Å². The number of carbonyl (C=O) groups is 1. The Morgan fingerprint density at radius 1 is 1.43 bits per heavy atom. The minimum Gasteiger partial charge on any atom is -0.352 e. The molecule has 0 aromatic heterocycles. The number of piperidine rings is 1. The van der Waals surface area contributed by atoms with Crippen LogP contribution < -0.4 is 16.0 Å². The van der Waals surface area contributed by atoms with E-state index < -0.39 is 0 Å². The molecule has 2 fully saturated rings. The summed E-state index contributed by atoms with van der Waals surface area (Å²) in [4.78, 5) is 11.0. The number of hydrogen-bond acceptors (Lipinski definition) is 3. The molecule has 2 rings (SSSR count). The van der Waals surface area contributed by atoms with Gasteiger partial charge in [0.15, 0.2) is 0 Å². The summed E-state index contributed by atoms with van der Waals surface area (Å²) < 4.78 is 0. The second kappa shape index (κ2) is 4.75. The van der Waals surface area contributed by atoms with Crippen LogP contribution in [0.25, 0.3) is 0 Å². The van der Waals surface area contributed by atoms with Crippen molar-refractivity contribution in [3.05, 3.63) is 0 Å². The maximum atomic E-state index is 11.0. The number of nitrogens with one attached hydrogen (secondary N) is 3. The third-order valence-corrected chi connectivity index (χ3v) is 3.03. The van der Waals surface area contributed by atoms with Gasteiger partial charge in [-0.05, 0) is 25.8 Å². The monoisotopic (exact) mass is 197 g/mol. The predicted molar refractivity (Wildman–Crippen MR) is 55.1 cm³/mol. The van der Waals surface area contributed by atoms with E-state index in [1.807, 2.05) is 0 Å². The van der Waals surface area contributed by atoms with Crippen LogP contribution in [0.3, 0.4) is 0 Å². The van der Waals surface area contributed by atoms with Crippen LogP contribution in [0.4, 0.5) is 0 Å². The largest absolute Gasteiger partial charge is 0.352 e. The highest BCUT2D eigenvalue weighted by molar-refractivity contribution is 5.78. The number of hydrogen-bond donors (Lipinski definition) is 3. The molecule has 1 amide bonds. The summed E-state index contributed by atoms with van der Waals surface area (Å²) in [6.07, 6.45) is 4.21. The zero-order valence-electron chi connectivity index (χ0n) is 8.51. The second-order valence-electron chi connectivity index (χ2n) is 4.25. The van der Waals surface area contributed by atoms with E-state index in [2.05, 4.69) is 16.0 Å². The van der Waals surface area contributed by atoms with Gasteiger partial charge in [-0.3, -0.25) is 4.79 Å². The van der Waals surface area contributed by atoms with Crippen LogP contribution in [-0.2, 0) is 4.79 Å².